The summed E-state index contributed by atoms with van der Waals surface area (Å²) in [6.45, 7) is 0. The first-order valence-corrected chi connectivity index (χ1v) is 9.91. The zero-order valence-electron chi connectivity index (χ0n) is 16.7. The predicted molar refractivity (Wildman–Crippen MR) is 110 cm³/mol. The van der Waals surface area contributed by atoms with E-state index in [1.165, 1.54) is 12.1 Å². The van der Waals surface area contributed by atoms with Crippen LogP contribution < -0.4 is 5.32 Å². The minimum atomic E-state index is -1.25. The fourth-order valence-electron chi connectivity index (χ4n) is 3.56. The van der Waals surface area contributed by atoms with Crippen molar-refractivity contribution in [1.82, 2.24) is 10.2 Å². The van der Waals surface area contributed by atoms with Gasteiger partial charge in [-0.3, -0.25) is 19.3 Å². The van der Waals surface area contributed by atoms with Crippen LogP contribution >= 0.6 is 0 Å². The maximum atomic E-state index is 13.1. The fourth-order valence-corrected chi connectivity index (χ4v) is 3.56. The van der Waals surface area contributed by atoms with E-state index in [2.05, 4.69) is 5.32 Å². The average Bonchev–Trinajstić information content (AvgIpc) is 3.02. The summed E-state index contributed by atoms with van der Waals surface area (Å²) in [6, 6.07) is 12.7. The molecule has 3 rings (SSSR count). The zero-order valence-corrected chi connectivity index (χ0v) is 16.7. The van der Waals surface area contributed by atoms with Gasteiger partial charge in [0.1, 0.15) is 18.4 Å². The van der Waals surface area contributed by atoms with E-state index in [9.17, 15) is 29.1 Å². The number of imide groups is 1. The number of amides is 3. The van der Waals surface area contributed by atoms with Gasteiger partial charge >= 0.3 is 5.97 Å². The summed E-state index contributed by atoms with van der Waals surface area (Å²) in [6.07, 6.45) is 1.24. The van der Waals surface area contributed by atoms with Crippen molar-refractivity contribution in [1.29, 1.82) is 0 Å². The second-order valence-corrected chi connectivity index (χ2v) is 7.23. The van der Waals surface area contributed by atoms with Gasteiger partial charge in [0.2, 0.25) is 5.91 Å². The minimum Gasteiger partial charge on any atom is -0.480 e. The molecule has 1 aliphatic heterocycles. The van der Waals surface area contributed by atoms with Crippen LogP contribution in [0.15, 0.2) is 54.6 Å². The number of carbonyl (C=O) groups excluding carboxylic acids is 4. The molecule has 2 aromatic rings. The molecule has 8 heteroatoms. The molecule has 0 fully saturated rings. The molecule has 8 nitrogen and oxygen atoms in total. The van der Waals surface area contributed by atoms with Crippen LogP contribution in [0.25, 0.3) is 0 Å². The monoisotopic (exact) mass is 422 g/mol. The van der Waals surface area contributed by atoms with Gasteiger partial charge in [0.05, 0.1) is 11.1 Å². The van der Waals surface area contributed by atoms with E-state index < -0.39 is 35.8 Å². The molecule has 0 aliphatic carbocycles. The number of benzene rings is 2. The van der Waals surface area contributed by atoms with Crippen LogP contribution in [0.1, 0.15) is 45.5 Å². The smallest absolute Gasteiger partial charge is 0.326 e. The van der Waals surface area contributed by atoms with Gasteiger partial charge in [-0.05, 0) is 30.5 Å². The van der Waals surface area contributed by atoms with Gasteiger partial charge in [-0.15, -0.1) is 0 Å². The van der Waals surface area contributed by atoms with Crippen molar-refractivity contribution < 1.29 is 29.1 Å². The van der Waals surface area contributed by atoms with Crippen LogP contribution in [0.5, 0.6) is 0 Å². The molecule has 160 valence electrons. The quantitative estimate of drug-likeness (QED) is 0.342. The van der Waals surface area contributed by atoms with Crippen LogP contribution in [0.3, 0.4) is 0 Å². The Bertz CT molecular complexity index is 969. The van der Waals surface area contributed by atoms with Gasteiger partial charge in [0, 0.05) is 12.8 Å². The molecule has 0 saturated carbocycles. The fraction of sp³-hybridized carbons (Fsp3) is 0.261. The van der Waals surface area contributed by atoms with E-state index in [4.69, 9.17) is 0 Å². The molecular weight excluding hydrogens is 400 g/mol. The van der Waals surface area contributed by atoms with Gasteiger partial charge in [-0.2, -0.15) is 0 Å². The Kier molecular flexibility index (Phi) is 6.92. The van der Waals surface area contributed by atoms with Crippen LogP contribution in [0.4, 0.5) is 0 Å². The first-order valence-electron chi connectivity index (χ1n) is 9.91. The number of aldehydes is 1. The van der Waals surface area contributed by atoms with Crippen LogP contribution in [0.2, 0.25) is 0 Å². The molecule has 0 saturated heterocycles. The largest absolute Gasteiger partial charge is 0.480 e. The summed E-state index contributed by atoms with van der Waals surface area (Å²) >= 11 is 0. The molecule has 0 aromatic heterocycles. The highest BCUT2D eigenvalue weighted by Gasteiger charge is 2.43. The Labute approximate surface area is 178 Å². The van der Waals surface area contributed by atoms with E-state index in [0.717, 1.165) is 4.90 Å². The lowest BCUT2D eigenvalue weighted by atomic mass is 10.0. The minimum absolute atomic E-state index is 0.0405. The van der Waals surface area contributed by atoms with Gasteiger partial charge in [-0.25, -0.2) is 4.79 Å². The van der Waals surface area contributed by atoms with E-state index in [1.54, 1.807) is 42.5 Å². The number of hydrogen-bond acceptors (Lipinski definition) is 5. The van der Waals surface area contributed by atoms with Crippen molar-refractivity contribution in [2.45, 2.75) is 37.8 Å². The molecule has 1 heterocycles. The number of nitrogens with one attached hydrogen (secondary N) is 1. The predicted octanol–water partition coefficient (Wildman–Crippen LogP) is 1.83. The first kappa shape index (κ1) is 21.9. The Morgan fingerprint density at radius 2 is 1.55 bits per heavy atom. The van der Waals surface area contributed by atoms with Gasteiger partial charge in [0.15, 0.2) is 0 Å². The third-order valence-corrected chi connectivity index (χ3v) is 5.14. The second kappa shape index (κ2) is 9.80. The summed E-state index contributed by atoms with van der Waals surface area (Å²) in [5.41, 5.74) is 1.13. The Hall–Kier alpha value is -3.81. The van der Waals surface area contributed by atoms with Crippen molar-refractivity contribution in [2.24, 2.45) is 0 Å². The summed E-state index contributed by atoms with van der Waals surface area (Å²) in [4.78, 5) is 62.0. The highest BCUT2D eigenvalue weighted by atomic mass is 16.4. The third-order valence-electron chi connectivity index (χ3n) is 5.14. The van der Waals surface area contributed by atoms with E-state index >= 15 is 0 Å². The standard InChI is InChI=1S/C23H22N2O6/c26-13-7-6-12-18(23(30)31)24-20(27)19(14-15-8-2-1-3-9-15)25-21(28)16-10-4-5-11-17(16)22(25)29/h1-5,8-11,13,18-19H,6-7,12,14H2,(H,24,27)(H,30,31). The summed E-state index contributed by atoms with van der Waals surface area (Å²) < 4.78 is 0. The molecule has 2 aromatic carbocycles. The third kappa shape index (κ3) is 4.85. The normalized spacial score (nSPS) is 14.6. The number of nitrogens with zero attached hydrogens (tertiary/aromatic N) is 1. The lowest BCUT2D eigenvalue weighted by Crippen LogP contribution is -2.54. The van der Waals surface area contributed by atoms with E-state index in [0.29, 0.717) is 11.8 Å². The number of aliphatic carboxylic acids is 1. The van der Waals surface area contributed by atoms with Crippen molar-refractivity contribution in [3.8, 4) is 0 Å². The molecule has 0 spiro atoms. The second-order valence-electron chi connectivity index (χ2n) is 7.23. The SMILES string of the molecule is O=CCCCC(NC(=O)C(Cc1ccccc1)N1C(=O)c2ccccc2C1=O)C(=O)O. The maximum absolute atomic E-state index is 13.1. The molecule has 2 unspecified atom stereocenters. The van der Waals surface area contributed by atoms with Crippen molar-refractivity contribution in [3.05, 3.63) is 71.3 Å². The molecule has 31 heavy (non-hydrogen) atoms. The van der Waals surface area contributed by atoms with Gasteiger partial charge in [-0.1, -0.05) is 42.5 Å². The Morgan fingerprint density at radius 3 is 2.10 bits per heavy atom. The number of unbranched alkanes of at least 4 members (excludes halogenated alkanes) is 1. The van der Waals surface area contributed by atoms with Crippen molar-refractivity contribution in [2.75, 3.05) is 0 Å². The molecule has 0 bridgehead atoms. The van der Waals surface area contributed by atoms with Crippen LogP contribution in [-0.2, 0) is 20.8 Å². The zero-order chi connectivity index (χ0) is 22.4. The number of hydrogen-bond donors (Lipinski definition) is 2. The van der Waals surface area contributed by atoms with Gasteiger partial charge in [0.25, 0.3) is 11.8 Å². The summed E-state index contributed by atoms with van der Waals surface area (Å²) in [5, 5.41) is 11.9. The van der Waals surface area contributed by atoms with Gasteiger partial charge < -0.3 is 15.2 Å². The number of carbonyl (C=O) groups is 5. The average molecular weight is 422 g/mol. The number of fused-ring (bicyclic) bond motifs is 1. The van der Waals surface area contributed by atoms with Crippen LogP contribution in [-0.4, -0.2) is 52.1 Å². The van der Waals surface area contributed by atoms with Crippen molar-refractivity contribution >= 4 is 30.0 Å². The molecule has 2 atom stereocenters. The highest BCUT2D eigenvalue weighted by molar-refractivity contribution is 6.22. The highest BCUT2D eigenvalue weighted by Crippen LogP contribution is 2.26. The number of carboxylic acids is 1. The lowest BCUT2D eigenvalue weighted by molar-refractivity contribution is -0.142. The van der Waals surface area contributed by atoms with Crippen molar-refractivity contribution in [3.63, 3.8) is 0 Å². The Balaban J connectivity index is 1.89. The maximum Gasteiger partial charge on any atom is 0.326 e. The molecular formula is C23H22N2O6. The molecule has 3 amide bonds. The topological polar surface area (TPSA) is 121 Å². The number of carboxylic acid groups (broad SMARTS) is 1. The summed E-state index contributed by atoms with van der Waals surface area (Å²) in [5.74, 6) is -3.18. The first-order chi connectivity index (χ1) is 14.9. The molecule has 0 radical (unpaired) electrons. The molecule has 1 aliphatic rings. The van der Waals surface area contributed by atoms with Crippen LogP contribution in [0, 0.1) is 0 Å². The molecule has 2 N–H and O–H groups in total. The summed E-state index contributed by atoms with van der Waals surface area (Å²) in [7, 11) is 0. The number of rotatable bonds is 10. The van der Waals surface area contributed by atoms with E-state index in [1.807, 2.05) is 0 Å². The lowest BCUT2D eigenvalue weighted by Gasteiger charge is -2.27. The Morgan fingerprint density at radius 1 is 0.968 bits per heavy atom. The van der Waals surface area contributed by atoms with E-state index in [-0.39, 0.29) is 36.8 Å².